The van der Waals surface area contributed by atoms with Gasteiger partial charge in [-0.2, -0.15) is 0 Å². The highest BCUT2D eigenvalue weighted by Crippen LogP contribution is 1.93. The quantitative estimate of drug-likeness (QED) is 0.661. The van der Waals surface area contributed by atoms with Gasteiger partial charge in [0.05, 0.1) is 18.6 Å². The van der Waals surface area contributed by atoms with Gasteiger partial charge < -0.3 is 15.0 Å². The molecule has 68 valence electrons. The maximum Gasteiger partial charge on any atom is 0.0947 e. The first-order chi connectivity index (χ1) is 5.72. The summed E-state index contributed by atoms with van der Waals surface area (Å²) in [4.78, 5) is 4.14. The second-order valence-electron chi connectivity index (χ2n) is 2.99. The van der Waals surface area contributed by atoms with E-state index in [-0.39, 0.29) is 12.6 Å². The van der Waals surface area contributed by atoms with Gasteiger partial charge in [0.2, 0.25) is 0 Å². The molecule has 1 unspecified atom stereocenters. The number of aryl methyl sites for hydroxylation is 1. The minimum Gasteiger partial charge on any atom is -0.395 e. The fraction of sp³-hybridized carbons (Fsp3) is 0.625. The molecule has 1 rings (SSSR count). The molecule has 0 saturated heterocycles. The molecule has 0 bridgehead atoms. The number of hydrogen-bond donors (Lipinski definition) is 2. The van der Waals surface area contributed by atoms with Crippen molar-refractivity contribution in [2.75, 3.05) is 6.61 Å². The largest absolute Gasteiger partial charge is 0.395 e. The number of imidazole rings is 1. The van der Waals surface area contributed by atoms with Crippen LogP contribution in [-0.4, -0.2) is 27.3 Å². The Kier molecular flexibility index (Phi) is 3.25. The predicted molar refractivity (Wildman–Crippen MR) is 46.6 cm³/mol. The van der Waals surface area contributed by atoms with Gasteiger partial charge in [-0.05, 0) is 6.92 Å². The smallest absolute Gasteiger partial charge is 0.0947 e. The lowest BCUT2D eigenvalue weighted by Gasteiger charge is -2.07. The van der Waals surface area contributed by atoms with Crippen LogP contribution in [0.15, 0.2) is 12.5 Å². The lowest BCUT2D eigenvalue weighted by atomic mass is 10.3. The van der Waals surface area contributed by atoms with Crippen LogP contribution in [-0.2, 0) is 13.6 Å². The molecule has 0 aliphatic carbocycles. The Morgan fingerprint density at radius 3 is 3.00 bits per heavy atom. The van der Waals surface area contributed by atoms with E-state index in [1.54, 1.807) is 6.33 Å². The topological polar surface area (TPSA) is 50.1 Å². The fourth-order valence-corrected chi connectivity index (χ4v) is 0.902. The number of aliphatic hydroxyl groups is 1. The van der Waals surface area contributed by atoms with Crippen LogP contribution in [0.3, 0.4) is 0 Å². The highest BCUT2D eigenvalue weighted by atomic mass is 16.3. The van der Waals surface area contributed by atoms with Crippen molar-refractivity contribution >= 4 is 0 Å². The molecule has 2 N–H and O–H groups in total. The van der Waals surface area contributed by atoms with Crippen LogP contribution in [0.25, 0.3) is 0 Å². The van der Waals surface area contributed by atoms with Gasteiger partial charge in [-0.1, -0.05) is 0 Å². The molecular formula is C8H15N3O. The highest BCUT2D eigenvalue weighted by molar-refractivity contribution is 4.95. The highest BCUT2D eigenvalue weighted by Gasteiger charge is 2.00. The van der Waals surface area contributed by atoms with E-state index in [0.29, 0.717) is 6.54 Å². The minimum atomic E-state index is 0.131. The average Bonchev–Trinajstić information content (AvgIpc) is 2.47. The Hall–Kier alpha value is -0.870. The molecule has 12 heavy (non-hydrogen) atoms. The Morgan fingerprint density at radius 1 is 1.75 bits per heavy atom. The van der Waals surface area contributed by atoms with Gasteiger partial charge >= 0.3 is 0 Å². The molecule has 0 fully saturated rings. The summed E-state index contributed by atoms with van der Waals surface area (Å²) >= 11 is 0. The predicted octanol–water partition coefficient (Wildman–Crippen LogP) is -0.110. The summed E-state index contributed by atoms with van der Waals surface area (Å²) in [6, 6.07) is 0.131. The molecule has 1 heterocycles. The van der Waals surface area contributed by atoms with E-state index in [9.17, 15) is 0 Å². The number of nitrogens with zero attached hydrogens (tertiary/aromatic N) is 2. The first-order valence-electron chi connectivity index (χ1n) is 4.03. The molecule has 1 atom stereocenters. The van der Waals surface area contributed by atoms with Crippen molar-refractivity contribution in [2.24, 2.45) is 7.05 Å². The van der Waals surface area contributed by atoms with Gasteiger partial charge in [-0.15, -0.1) is 0 Å². The number of aliphatic hydroxyl groups excluding tert-OH is 1. The maximum atomic E-state index is 8.73. The zero-order chi connectivity index (χ0) is 8.97. The monoisotopic (exact) mass is 169 g/mol. The Bertz CT molecular complexity index is 234. The molecule has 1 aromatic heterocycles. The molecule has 0 spiro atoms. The third kappa shape index (κ3) is 2.64. The van der Waals surface area contributed by atoms with Crippen LogP contribution in [0, 0.1) is 0 Å². The third-order valence-electron chi connectivity index (χ3n) is 1.66. The zero-order valence-corrected chi connectivity index (χ0v) is 7.49. The van der Waals surface area contributed by atoms with Gasteiger partial charge in [-0.25, -0.2) is 4.98 Å². The van der Waals surface area contributed by atoms with Crippen molar-refractivity contribution in [1.82, 2.24) is 14.9 Å². The van der Waals surface area contributed by atoms with E-state index >= 15 is 0 Å². The lowest BCUT2D eigenvalue weighted by Crippen LogP contribution is -2.28. The molecule has 4 heteroatoms. The minimum absolute atomic E-state index is 0.131. The molecule has 0 radical (unpaired) electrons. The van der Waals surface area contributed by atoms with E-state index in [4.69, 9.17) is 5.11 Å². The van der Waals surface area contributed by atoms with E-state index < -0.39 is 0 Å². The molecule has 1 aromatic rings. The molecule has 0 aliphatic heterocycles. The van der Waals surface area contributed by atoms with Gasteiger partial charge in [-0.3, -0.25) is 0 Å². The number of aromatic nitrogens is 2. The summed E-state index contributed by atoms with van der Waals surface area (Å²) in [5, 5.41) is 11.9. The average molecular weight is 169 g/mol. The fourth-order valence-electron chi connectivity index (χ4n) is 0.902. The van der Waals surface area contributed by atoms with Crippen LogP contribution >= 0.6 is 0 Å². The van der Waals surface area contributed by atoms with Crippen molar-refractivity contribution in [3.63, 3.8) is 0 Å². The van der Waals surface area contributed by atoms with Crippen LogP contribution in [0.2, 0.25) is 0 Å². The number of nitrogens with one attached hydrogen (secondary N) is 1. The Morgan fingerprint density at radius 2 is 2.50 bits per heavy atom. The molecule has 4 nitrogen and oxygen atoms in total. The SMILES string of the molecule is CC(CO)NCc1cn(C)cn1. The van der Waals surface area contributed by atoms with Crippen LogP contribution in [0.5, 0.6) is 0 Å². The number of hydrogen-bond acceptors (Lipinski definition) is 3. The van der Waals surface area contributed by atoms with Crippen molar-refractivity contribution in [2.45, 2.75) is 19.5 Å². The van der Waals surface area contributed by atoms with Crippen LogP contribution < -0.4 is 5.32 Å². The summed E-state index contributed by atoms with van der Waals surface area (Å²) in [5.41, 5.74) is 0.998. The van der Waals surface area contributed by atoms with Gasteiger partial charge in [0.15, 0.2) is 0 Å². The Labute approximate surface area is 72.2 Å². The summed E-state index contributed by atoms with van der Waals surface area (Å²) in [6.45, 7) is 2.80. The van der Waals surface area contributed by atoms with E-state index in [0.717, 1.165) is 5.69 Å². The summed E-state index contributed by atoms with van der Waals surface area (Å²) in [6.07, 6.45) is 3.72. The van der Waals surface area contributed by atoms with Crippen molar-refractivity contribution < 1.29 is 5.11 Å². The van der Waals surface area contributed by atoms with Gasteiger partial charge in [0, 0.05) is 25.8 Å². The molecular weight excluding hydrogens is 154 g/mol. The van der Waals surface area contributed by atoms with Crippen molar-refractivity contribution in [1.29, 1.82) is 0 Å². The third-order valence-corrected chi connectivity index (χ3v) is 1.66. The second-order valence-corrected chi connectivity index (χ2v) is 2.99. The molecule has 0 saturated carbocycles. The second kappa shape index (κ2) is 4.23. The van der Waals surface area contributed by atoms with Crippen LogP contribution in [0.4, 0.5) is 0 Å². The molecule has 0 aromatic carbocycles. The summed E-state index contributed by atoms with van der Waals surface area (Å²) in [5.74, 6) is 0. The van der Waals surface area contributed by atoms with Crippen LogP contribution in [0.1, 0.15) is 12.6 Å². The van der Waals surface area contributed by atoms with E-state index in [1.807, 2.05) is 24.7 Å². The van der Waals surface area contributed by atoms with Gasteiger partial charge in [0.1, 0.15) is 0 Å². The normalized spacial score (nSPS) is 13.2. The van der Waals surface area contributed by atoms with Crippen molar-refractivity contribution in [3.05, 3.63) is 18.2 Å². The first-order valence-corrected chi connectivity index (χ1v) is 4.03. The molecule has 0 aliphatic rings. The van der Waals surface area contributed by atoms with E-state index in [2.05, 4.69) is 10.3 Å². The van der Waals surface area contributed by atoms with E-state index in [1.165, 1.54) is 0 Å². The molecule has 0 amide bonds. The lowest BCUT2D eigenvalue weighted by molar-refractivity contribution is 0.250. The maximum absolute atomic E-state index is 8.73. The zero-order valence-electron chi connectivity index (χ0n) is 7.49. The number of rotatable bonds is 4. The summed E-state index contributed by atoms with van der Waals surface area (Å²) < 4.78 is 1.90. The standard InChI is InChI=1S/C8H15N3O/c1-7(5-12)9-3-8-4-11(2)6-10-8/h4,6-7,9,12H,3,5H2,1-2H3. The first kappa shape index (κ1) is 9.22. The van der Waals surface area contributed by atoms with Crippen molar-refractivity contribution in [3.8, 4) is 0 Å². The summed E-state index contributed by atoms with van der Waals surface area (Å²) in [7, 11) is 1.94. The van der Waals surface area contributed by atoms with Gasteiger partial charge in [0.25, 0.3) is 0 Å². The Balaban J connectivity index is 2.33.